The molecular formula is C20H21N3O4. The summed E-state index contributed by atoms with van der Waals surface area (Å²) in [6.45, 7) is 0.755. The summed E-state index contributed by atoms with van der Waals surface area (Å²) in [4.78, 5) is 38.7. The van der Waals surface area contributed by atoms with Crippen LogP contribution in [0, 0.1) is 0 Å². The number of para-hydroxylation sites is 1. The first-order valence-corrected chi connectivity index (χ1v) is 8.62. The van der Waals surface area contributed by atoms with Crippen LogP contribution >= 0.6 is 0 Å². The topological polar surface area (TPSA) is 79.0 Å². The Morgan fingerprint density at radius 2 is 1.78 bits per heavy atom. The molecule has 3 amide bonds. The normalized spacial score (nSPS) is 12.9. The van der Waals surface area contributed by atoms with Crippen molar-refractivity contribution in [3.8, 4) is 0 Å². The van der Waals surface area contributed by atoms with Crippen LogP contribution in [-0.2, 0) is 4.74 Å². The molecule has 1 N–H and O–H groups in total. The molecular weight excluding hydrogens is 346 g/mol. The molecule has 2 aromatic rings. The van der Waals surface area contributed by atoms with E-state index in [9.17, 15) is 14.4 Å². The van der Waals surface area contributed by atoms with Gasteiger partial charge in [-0.1, -0.05) is 18.2 Å². The first-order chi connectivity index (χ1) is 13.0. The molecule has 7 heteroatoms. The Morgan fingerprint density at radius 3 is 2.48 bits per heavy atom. The molecule has 0 saturated carbocycles. The summed E-state index contributed by atoms with van der Waals surface area (Å²) in [5.41, 5.74) is 4.47. The van der Waals surface area contributed by atoms with Gasteiger partial charge in [-0.15, -0.1) is 0 Å². The lowest BCUT2D eigenvalue weighted by atomic mass is 10.1. The van der Waals surface area contributed by atoms with Crippen molar-refractivity contribution in [2.24, 2.45) is 0 Å². The lowest BCUT2D eigenvalue weighted by molar-refractivity contribution is 0.0638. The van der Waals surface area contributed by atoms with E-state index in [-0.39, 0.29) is 23.3 Å². The first kappa shape index (κ1) is 18.6. The predicted molar refractivity (Wildman–Crippen MR) is 101 cm³/mol. The number of ether oxygens (including phenoxy) is 1. The summed E-state index contributed by atoms with van der Waals surface area (Å²) < 4.78 is 4.97. The number of rotatable bonds is 7. The van der Waals surface area contributed by atoms with E-state index in [1.807, 2.05) is 30.3 Å². The number of nitrogens with one attached hydrogen (secondary N) is 1. The smallest absolute Gasteiger partial charge is 0.269 e. The zero-order valence-corrected chi connectivity index (χ0v) is 15.3. The van der Waals surface area contributed by atoms with Gasteiger partial charge in [0.2, 0.25) is 0 Å². The van der Waals surface area contributed by atoms with Crippen molar-refractivity contribution in [2.75, 3.05) is 32.3 Å². The Labute approximate surface area is 157 Å². The maximum atomic E-state index is 12.5. The highest BCUT2D eigenvalue weighted by Crippen LogP contribution is 2.24. The quantitative estimate of drug-likeness (QED) is 0.461. The van der Waals surface area contributed by atoms with Crippen molar-refractivity contribution in [3.05, 3.63) is 65.2 Å². The molecule has 0 fully saturated rings. The number of imide groups is 1. The standard InChI is InChI=1S/C20H21N3O4/c1-22(15-7-4-3-5-8-15)21-18(24)14-9-10-16-17(13-14)20(26)23(19(16)25)11-6-12-27-2/h3-5,7-10,13H,6,11-12H2,1-2H3,(H,21,24). The van der Waals surface area contributed by atoms with Gasteiger partial charge >= 0.3 is 0 Å². The number of fused-ring (bicyclic) bond motifs is 1. The molecule has 0 radical (unpaired) electrons. The van der Waals surface area contributed by atoms with Gasteiger partial charge in [-0.25, -0.2) is 0 Å². The van der Waals surface area contributed by atoms with Crippen LogP contribution in [0.2, 0.25) is 0 Å². The van der Waals surface area contributed by atoms with Gasteiger partial charge in [0.25, 0.3) is 17.7 Å². The average molecular weight is 367 g/mol. The molecule has 7 nitrogen and oxygen atoms in total. The molecule has 1 aliphatic heterocycles. The van der Waals surface area contributed by atoms with Crippen LogP contribution in [0.3, 0.4) is 0 Å². The molecule has 1 aliphatic rings. The van der Waals surface area contributed by atoms with E-state index in [2.05, 4.69) is 5.43 Å². The van der Waals surface area contributed by atoms with E-state index in [0.717, 1.165) is 5.69 Å². The molecule has 27 heavy (non-hydrogen) atoms. The third-order valence-corrected chi connectivity index (χ3v) is 4.38. The second kappa shape index (κ2) is 8.01. The molecule has 1 heterocycles. The second-order valence-electron chi connectivity index (χ2n) is 6.20. The summed E-state index contributed by atoms with van der Waals surface area (Å²) >= 11 is 0. The minimum atomic E-state index is -0.378. The van der Waals surface area contributed by atoms with Gasteiger partial charge in [-0.2, -0.15) is 0 Å². The fourth-order valence-corrected chi connectivity index (χ4v) is 2.94. The molecule has 0 unspecified atom stereocenters. The average Bonchev–Trinajstić information content (AvgIpc) is 2.93. The van der Waals surface area contributed by atoms with Crippen LogP contribution in [0.4, 0.5) is 5.69 Å². The van der Waals surface area contributed by atoms with Crippen molar-refractivity contribution in [3.63, 3.8) is 0 Å². The fraction of sp³-hybridized carbons (Fsp3) is 0.250. The number of hydrazine groups is 1. The second-order valence-corrected chi connectivity index (χ2v) is 6.20. The Morgan fingerprint density at radius 1 is 1.07 bits per heavy atom. The van der Waals surface area contributed by atoms with Crippen LogP contribution in [0.5, 0.6) is 0 Å². The minimum absolute atomic E-state index is 0.257. The SMILES string of the molecule is COCCCN1C(=O)c2ccc(C(=O)NN(C)c3ccccc3)cc2C1=O. The Bertz CT molecular complexity index is 867. The summed E-state index contributed by atoms with van der Waals surface area (Å²) in [6, 6.07) is 13.9. The number of methoxy groups -OCH3 is 1. The van der Waals surface area contributed by atoms with Crippen LogP contribution < -0.4 is 10.4 Å². The van der Waals surface area contributed by atoms with E-state index in [0.29, 0.717) is 30.7 Å². The van der Waals surface area contributed by atoms with Gasteiger partial charge in [0.15, 0.2) is 0 Å². The van der Waals surface area contributed by atoms with Crippen LogP contribution in [0.25, 0.3) is 0 Å². The van der Waals surface area contributed by atoms with Crippen LogP contribution in [-0.4, -0.2) is 49.9 Å². The Hall–Kier alpha value is -3.19. The van der Waals surface area contributed by atoms with E-state index in [4.69, 9.17) is 4.74 Å². The number of nitrogens with zero attached hydrogens (tertiary/aromatic N) is 2. The van der Waals surface area contributed by atoms with Crippen molar-refractivity contribution in [1.82, 2.24) is 10.3 Å². The predicted octanol–water partition coefficient (Wildman–Crippen LogP) is 2.10. The minimum Gasteiger partial charge on any atom is -0.385 e. The molecule has 2 aromatic carbocycles. The number of anilines is 1. The van der Waals surface area contributed by atoms with Crippen molar-refractivity contribution < 1.29 is 19.1 Å². The molecule has 0 aliphatic carbocycles. The molecule has 140 valence electrons. The highest BCUT2D eigenvalue weighted by molar-refractivity contribution is 6.22. The van der Waals surface area contributed by atoms with Gasteiger partial charge in [0.05, 0.1) is 16.8 Å². The van der Waals surface area contributed by atoms with Crippen molar-refractivity contribution in [2.45, 2.75) is 6.42 Å². The maximum absolute atomic E-state index is 12.5. The van der Waals surface area contributed by atoms with Gasteiger partial charge < -0.3 is 4.74 Å². The number of hydrogen-bond donors (Lipinski definition) is 1. The summed E-state index contributed by atoms with van der Waals surface area (Å²) in [5, 5.41) is 1.60. The molecule has 0 bridgehead atoms. The molecule has 0 atom stereocenters. The van der Waals surface area contributed by atoms with Crippen molar-refractivity contribution >= 4 is 23.4 Å². The lowest BCUT2D eigenvalue weighted by Crippen LogP contribution is -2.39. The molecule has 0 saturated heterocycles. The Balaban J connectivity index is 1.74. The van der Waals surface area contributed by atoms with Gasteiger partial charge in [-0.3, -0.25) is 29.7 Å². The van der Waals surface area contributed by atoms with Gasteiger partial charge in [0.1, 0.15) is 0 Å². The van der Waals surface area contributed by atoms with Gasteiger partial charge in [-0.05, 0) is 36.8 Å². The monoisotopic (exact) mass is 367 g/mol. The Kier molecular flexibility index (Phi) is 5.52. The number of carbonyl (C=O) groups is 3. The summed E-state index contributed by atoms with van der Waals surface area (Å²) in [7, 11) is 3.30. The third-order valence-electron chi connectivity index (χ3n) is 4.38. The molecule has 0 spiro atoms. The number of hydrogen-bond acceptors (Lipinski definition) is 5. The molecule has 3 rings (SSSR count). The maximum Gasteiger partial charge on any atom is 0.269 e. The fourth-order valence-electron chi connectivity index (χ4n) is 2.94. The number of benzene rings is 2. The summed E-state index contributed by atoms with van der Waals surface area (Å²) in [5.74, 6) is -1.07. The summed E-state index contributed by atoms with van der Waals surface area (Å²) in [6.07, 6.45) is 0.567. The largest absolute Gasteiger partial charge is 0.385 e. The van der Waals surface area contributed by atoms with E-state index in [1.54, 1.807) is 25.2 Å². The molecule has 0 aromatic heterocycles. The highest BCUT2D eigenvalue weighted by atomic mass is 16.5. The zero-order valence-electron chi connectivity index (χ0n) is 15.3. The van der Waals surface area contributed by atoms with E-state index >= 15 is 0 Å². The van der Waals surface area contributed by atoms with E-state index < -0.39 is 0 Å². The first-order valence-electron chi connectivity index (χ1n) is 8.62. The van der Waals surface area contributed by atoms with E-state index in [1.165, 1.54) is 17.0 Å². The number of carbonyl (C=O) groups excluding carboxylic acids is 3. The van der Waals surface area contributed by atoms with Crippen molar-refractivity contribution in [1.29, 1.82) is 0 Å². The third kappa shape index (κ3) is 3.83. The van der Waals surface area contributed by atoms with Gasteiger partial charge in [0, 0.05) is 32.9 Å². The zero-order chi connectivity index (χ0) is 19.4. The lowest BCUT2D eigenvalue weighted by Gasteiger charge is -2.20. The van der Waals surface area contributed by atoms with Crippen LogP contribution in [0.15, 0.2) is 48.5 Å². The van der Waals surface area contributed by atoms with Crippen LogP contribution in [0.1, 0.15) is 37.5 Å². The number of amides is 3. The highest BCUT2D eigenvalue weighted by Gasteiger charge is 2.35.